The molecule has 0 bridgehead atoms. The molecule has 15 heavy (non-hydrogen) atoms. The van der Waals surface area contributed by atoms with E-state index < -0.39 is 18.0 Å². The molecule has 1 unspecified atom stereocenters. The van der Waals surface area contributed by atoms with Gasteiger partial charge in [-0.15, -0.1) is 0 Å². The second kappa shape index (κ2) is 5.11. The number of hydrogen-bond acceptors (Lipinski definition) is 4. The molecule has 3 N–H and O–H groups in total. The van der Waals surface area contributed by atoms with Gasteiger partial charge < -0.3 is 15.6 Å². The number of benzene rings is 1. The van der Waals surface area contributed by atoms with E-state index in [0.717, 1.165) is 5.56 Å². The Kier molecular flexibility index (Phi) is 3.82. The summed E-state index contributed by atoms with van der Waals surface area (Å²) in [6.45, 7) is 0.00398. The molecule has 0 heterocycles. The maximum atomic E-state index is 11.0. The van der Waals surface area contributed by atoms with E-state index in [2.05, 4.69) is 4.74 Å². The molecule has 1 rings (SSSR count). The molecule has 1 amide bonds. The molecule has 80 valence electrons. The molecule has 0 spiro atoms. The lowest BCUT2D eigenvalue weighted by atomic mass is 10.2. The van der Waals surface area contributed by atoms with Gasteiger partial charge in [0.15, 0.2) is 0 Å². The Morgan fingerprint density at radius 3 is 2.47 bits per heavy atom. The minimum absolute atomic E-state index is 0.00398. The first-order valence-corrected chi connectivity index (χ1v) is 4.29. The third-order valence-electron chi connectivity index (χ3n) is 1.72. The van der Waals surface area contributed by atoms with Crippen LogP contribution in [0.5, 0.6) is 0 Å². The topological polar surface area (TPSA) is 89.6 Å². The third kappa shape index (κ3) is 3.40. The molecule has 5 nitrogen and oxygen atoms in total. The van der Waals surface area contributed by atoms with Gasteiger partial charge in [0.25, 0.3) is 5.91 Å². The summed E-state index contributed by atoms with van der Waals surface area (Å²) in [5.74, 6) is -2.15. The first kappa shape index (κ1) is 11.2. The van der Waals surface area contributed by atoms with Gasteiger partial charge in [0.1, 0.15) is 6.61 Å². The monoisotopic (exact) mass is 209 g/mol. The van der Waals surface area contributed by atoms with Gasteiger partial charge in [-0.1, -0.05) is 30.3 Å². The van der Waals surface area contributed by atoms with Crippen LogP contribution < -0.4 is 5.73 Å². The molecule has 0 radical (unpaired) electrons. The van der Waals surface area contributed by atoms with Crippen molar-refractivity contribution in [2.24, 2.45) is 5.73 Å². The van der Waals surface area contributed by atoms with Gasteiger partial charge in [-0.2, -0.15) is 0 Å². The predicted molar refractivity (Wildman–Crippen MR) is 51.4 cm³/mol. The number of primary amides is 1. The van der Waals surface area contributed by atoms with Crippen LogP contribution in [-0.2, 0) is 20.9 Å². The van der Waals surface area contributed by atoms with Crippen LogP contribution in [-0.4, -0.2) is 23.1 Å². The van der Waals surface area contributed by atoms with E-state index in [1.54, 1.807) is 24.3 Å². The average molecular weight is 209 g/mol. The van der Waals surface area contributed by atoms with E-state index >= 15 is 0 Å². The molecular formula is C10H11NO4. The summed E-state index contributed by atoms with van der Waals surface area (Å²) < 4.78 is 4.66. The Morgan fingerprint density at radius 1 is 1.33 bits per heavy atom. The molecule has 0 aliphatic rings. The summed E-state index contributed by atoms with van der Waals surface area (Å²) >= 11 is 0. The Morgan fingerprint density at radius 2 is 1.93 bits per heavy atom. The van der Waals surface area contributed by atoms with Crippen molar-refractivity contribution in [2.75, 3.05) is 0 Å². The fourth-order valence-electron chi connectivity index (χ4n) is 0.924. The molecule has 1 atom stereocenters. The van der Waals surface area contributed by atoms with Gasteiger partial charge in [-0.3, -0.25) is 4.79 Å². The summed E-state index contributed by atoms with van der Waals surface area (Å²) in [7, 11) is 0. The number of carbonyl (C=O) groups is 2. The Hall–Kier alpha value is -1.88. The van der Waals surface area contributed by atoms with Crippen molar-refractivity contribution < 1.29 is 19.4 Å². The van der Waals surface area contributed by atoms with Crippen LogP contribution in [0.25, 0.3) is 0 Å². The maximum absolute atomic E-state index is 11.0. The maximum Gasteiger partial charge on any atom is 0.345 e. The lowest BCUT2D eigenvalue weighted by Crippen LogP contribution is -2.36. The standard InChI is InChI=1S/C10H11NO4/c11-9(13)8(12)10(14)15-6-7-4-2-1-3-5-7/h1-5,8,12H,6H2,(H2,11,13). The van der Waals surface area contributed by atoms with E-state index in [0.29, 0.717) is 0 Å². The fraction of sp³-hybridized carbons (Fsp3) is 0.200. The number of hydrogen-bond donors (Lipinski definition) is 2. The molecule has 1 aromatic rings. The van der Waals surface area contributed by atoms with Gasteiger partial charge in [0.05, 0.1) is 0 Å². The highest BCUT2D eigenvalue weighted by atomic mass is 16.5. The van der Waals surface area contributed by atoms with Crippen LogP contribution in [0.1, 0.15) is 5.56 Å². The van der Waals surface area contributed by atoms with Crippen LogP contribution >= 0.6 is 0 Å². The average Bonchev–Trinajstić information content (AvgIpc) is 2.26. The number of amides is 1. The summed E-state index contributed by atoms with van der Waals surface area (Å²) in [4.78, 5) is 21.4. The normalized spacial score (nSPS) is 11.8. The van der Waals surface area contributed by atoms with Gasteiger partial charge in [-0.25, -0.2) is 4.79 Å². The van der Waals surface area contributed by atoms with E-state index in [4.69, 9.17) is 10.8 Å². The van der Waals surface area contributed by atoms with Crippen LogP contribution in [0.3, 0.4) is 0 Å². The minimum atomic E-state index is -1.89. The Balaban J connectivity index is 2.44. The molecule has 0 saturated carbocycles. The van der Waals surface area contributed by atoms with Crippen molar-refractivity contribution in [2.45, 2.75) is 12.7 Å². The quantitative estimate of drug-likeness (QED) is 0.520. The second-order valence-corrected chi connectivity index (χ2v) is 2.90. The summed E-state index contributed by atoms with van der Waals surface area (Å²) in [5.41, 5.74) is 5.48. The van der Waals surface area contributed by atoms with Crippen molar-refractivity contribution in [3.8, 4) is 0 Å². The van der Waals surface area contributed by atoms with Crippen LogP contribution in [0.2, 0.25) is 0 Å². The summed E-state index contributed by atoms with van der Waals surface area (Å²) in [5, 5.41) is 8.92. The van der Waals surface area contributed by atoms with Crippen molar-refractivity contribution >= 4 is 11.9 Å². The highest BCUT2D eigenvalue weighted by Crippen LogP contribution is 2.01. The number of rotatable bonds is 4. The molecule has 0 aliphatic carbocycles. The zero-order valence-electron chi connectivity index (χ0n) is 7.92. The molecule has 5 heteroatoms. The minimum Gasteiger partial charge on any atom is -0.459 e. The summed E-state index contributed by atoms with van der Waals surface area (Å²) in [6, 6.07) is 8.90. The number of carbonyl (C=O) groups excluding carboxylic acids is 2. The van der Waals surface area contributed by atoms with Gasteiger partial charge in [0.2, 0.25) is 6.10 Å². The van der Waals surface area contributed by atoms with E-state index in [1.165, 1.54) is 0 Å². The van der Waals surface area contributed by atoms with Gasteiger partial charge in [-0.05, 0) is 5.56 Å². The molecule has 1 aromatic carbocycles. The lowest BCUT2D eigenvalue weighted by Gasteiger charge is -2.07. The van der Waals surface area contributed by atoms with E-state index in [-0.39, 0.29) is 6.61 Å². The summed E-state index contributed by atoms with van der Waals surface area (Å²) in [6.07, 6.45) is -1.89. The molecule has 0 aliphatic heterocycles. The van der Waals surface area contributed by atoms with Crippen LogP contribution in [0.15, 0.2) is 30.3 Å². The van der Waals surface area contributed by atoms with Gasteiger partial charge >= 0.3 is 5.97 Å². The SMILES string of the molecule is NC(=O)C(O)C(=O)OCc1ccccc1. The van der Waals surface area contributed by atoms with Crippen molar-refractivity contribution in [3.05, 3.63) is 35.9 Å². The molecule has 0 saturated heterocycles. The predicted octanol–water partition coefficient (Wildman–Crippen LogP) is -0.424. The molecular weight excluding hydrogens is 198 g/mol. The number of aliphatic hydroxyl groups is 1. The molecule has 0 aromatic heterocycles. The third-order valence-corrected chi connectivity index (χ3v) is 1.72. The van der Waals surface area contributed by atoms with Crippen molar-refractivity contribution in [1.82, 2.24) is 0 Å². The smallest absolute Gasteiger partial charge is 0.345 e. The Labute approximate surface area is 86.5 Å². The highest BCUT2D eigenvalue weighted by molar-refractivity contribution is 5.99. The first-order valence-electron chi connectivity index (χ1n) is 4.29. The van der Waals surface area contributed by atoms with E-state index in [1.807, 2.05) is 6.07 Å². The van der Waals surface area contributed by atoms with Gasteiger partial charge in [0, 0.05) is 0 Å². The first-order chi connectivity index (χ1) is 7.11. The van der Waals surface area contributed by atoms with Crippen LogP contribution in [0, 0.1) is 0 Å². The largest absolute Gasteiger partial charge is 0.459 e. The number of ether oxygens (including phenoxy) is 1. The lowest BCUT2D eigenvalue weighted by molar-refractivity contribution is -0.158. The second-order valence-electron chi connectivity index (χ2n) is 2.90. The van der Waals surface area contributed by atoms with E-state index in [9.17, 15) is 9.59 Å². The number of nitrogens with two attached hydrogens (primary N) is 1. The van der Waals surface area contributed by atoms with Crippen LogP contribution in [0.4, 0.5) is 0 Å². The fourth-order valence-corrected chi connectivity index (χ4v) is 0.924. The molecule has 0 fully saturated rings. The number of esters is 1. The van der Waals surface area contributed by atoms with Crippen molar-refractivity contribution in [1.29, 1.82) is 0 Å². The van der Waals surface area contributed by atoms with Crippen molar-refractivity contribution in [3.63, 3.8) is 0 Å². The zero-order valence-corrected chi connectivity index (χ0v) is 7.92. The zero-order chi connectivity index (χ0) is 11.3. The highest BCUT2D eigenvalue weighted by Gasteiger charge is 2.22. The Bertz CT molecular complexity index is 350. The number of aliphatic hydroxyl groups excluding tert-OH is 1.